The minimum Gasteiger partial charge on any atom is -0.455 e. The van der Waals surface area contributed by atoms with Crippen LogP contribution in [-0.4, -0.2) is 71.4 Å². The van der Waals surface area contributed by atoms with Gasteiger partial charge in [-0.25, -0.2) is 9.48 Å². The van der Waals surface area contributed by atoms with E-state index in [9.17, 15) is 14.4 Å². The van der Waals surface area contributed by atoms with Crippen molar-refractivity contribution in [2.24, 2.45) is 7.05 Å². The summed E-state index contributed by atoms with van der Waals surface area (Å²) in [6.07, 6.45) is 0.185. The summed E-state index contributed by atoms with van der Waals surface area (Å²) in [5.74, 6) is -0.151. The zero-order chi connectivity index (χ0) is 24.5. The van der Waals surface area contributed by atoms with Gasteiger partial charge in [-0.2, -0.15) is 0 Å². The van der Waals surface area contributed by atoms with Gasteiger partial charge in [0.25, 0.3) is 5.91 Å². The van der Waals surface area contributed by atoms with E-state index in [-0.39, 0.29) is 29.3 Å². The maximum atomic E-state index is 13.1. The molecule has 10 nitrogen and oxygen atoms in total. The molecule has 2 atom stereocenters. The fraction of sp³-hybridized carbons (Fsp3) is 0.455. The van der Waals surface area contributed by atoms with Crippen LogP contribution in [0.15, 0.2) is 46.8 Å². The molecule has 0 saturated carbocycles. The quantitative estimate of drug-likeness (QED) is 0.342. The maximum absolute atomic E-state index is 13.1. The molecular weight excluding hydrogens is 476 g/mol. The van der Waals surface area contributed by atoms with E-state index in [1.165, 1.54) is 28.4 Å². The highest BCUT2D eigenvalue weighted by atomic mass is 32.2. The van der Waals surface area contributed by atoms with Crippen molar-refractivity contribution >= 4 is 41.3 Å². The van der Waals surface area contributed by atoms with Crippen LogP contribution in [-0.2, 0) is 32.6 Å². The van der Waals surface area contributed by atoms with E-state index >= 15 is 0 Å². The molecule has 4 rings (SSSR count). The van der Waals surface area contributed by atoms with Gasteiger partial charge in [0.15, 0.2) is 0 Å². The zero-order valence-electron chi connectivity index (χ0n) is 19.3. The molecule has 0 aliphatic carbocycles. The third-order valence-corrected chi connectivity index (χ3v) is 7.56. The Morgan fingerprint density at radius 2 is 2.00 bits per heavy atom. The van der Waals surface area contributed by atoms with Crippen LogP contribution >= 0.6 is 23.5 Å². The largest absolute Gasteiger partial charge is 0.455 e. The summed E-state index contributed by atoms with van der Waals surface area (Å²) in [5, 5.41) is 14.5. The van der Waals surface area contributed by atoms with E-state index < -0.39 is 17.6 Å². The average Bonchev–Trinajstić information content (AvgIpc) is 3.19. The Morgan fingerprint density at radius 1 is 1.26 bits per heavy atom. The Kier molecular flexibility index (Phi) is 6.99. The minimum absolute atomic E-state index is 0.185. The maximum Gasteiger partial charge on any atom is 0.355 e. The number of aryl methyl sites for hydroxylation is 1. The zero-order valence-corrected chi connectivity index (χ0v) is 21.0. The molecule has 1 fully saturated rings. The number of hydrogen-bond acceptors (Lipinski definition) is 9. The van der Waals surface area contributed by atoms with E-state index in [0.717, 1.165) is 11.1 Å². The van der Waals surface area contributed by atoms with Crippen molar-refractivity contribution in [3.05, 3.63) is 47.2 Å². The van der Waals surface area contributed by atoms with E-state index in [0.29, 0.717) is 16.7 Å². The molecule has 3 heterocycles. The summed E-state index contributed by atoms with van der Waals surface area (Å²) in [4.78, 5) is 40.3. The number of ether oxygens (including phenoxy) is 1. The summed E-state index contributed by atoms with van der Waals surface area (Å²) in [5.41, 5.74) is 1.17. The first-order valence-corrected chi connectivity index (χ1v) is 12.8. The molecule has 1 aromatic carbocycles. The van der Waals surface area contributed by atoms with Gasteiger partial charge in [-0.3, -0.25) is 14.5 Å². The van der Waals surface area contributed by atoms with E-state index in [1.807, 2.05) is 30.3 Å². The van der Waals surface area contributed by atoms with E-state index in [4.69, 9.17) is 4.74 Å². The Labute approximate surface area is 205 Å². The molecule has 180 valence electrons. The van der Waals surface area contributed by atoms with Gasteiger partial charge in [-0.05, 0) is 42.3 Å². The fourth-order valence-corrected chi connectivity index (χ4v) is 5.95. The smallest absolute Gasteiger partial charge is 0.355 e. The fourth-order valence-electron chi connectivity index (χ4n) is 3.61. The Balaban J connectivity index is 1.51. The van der Waals surface area contributed by atoms with Crippen LogP contribution in [0.25, 0.3) is 0 Å². The molecule has 1 aromatic heterocycles. The number of carbonyl (C=O) groups is 3. The highest BCUT2D eigenvalue weighted by Crippen LogP contribution is 2.42. The Bertz CT molecular complexity index is 1130. The summed E-state index contributed by atoms with van der Waals surface area (Å²) in [7, 11) is 1.73. The van der Waals surface area contributed by atoms with Crippen molar-refractivity contribution < 1.29 is 19.1 Å². The van der Waals surface area contributed by atoms with Crippen molar-refractivity contribution in [1.29, 1.82) is 0 Å². The van der Waals surface area contributed by atoms with Crippen LogP contribution < -0.4 is 5.32 Å². The number of nitrogens with one attached hydrogen (secondary N) is 1. The summed E-state index contributed by atoms with van der Waals surface area (Å²) >= 11 is 2.90. The van der Waals surface area contributed by atoms with Crippen LogP contribution in [0.4, 0.5) is 0 Å². The molecular formula is C22H26N6O4S2. The molecule has 1 N–H and O–H groups in total. The number of β-lactam (4-membered cyclic amide) rings is 1. The first-order valence-electron chi connectivity index (χ1n) is 10.7. The lowest BCUT2D eigenvalue weighted by Gasteiger charge is -2.50. The van der Waals surface area contributed by atoms with Gasteiger partial charge in [0.1, 0.15) is 22.7 Å². The monoisotopic (exact) mass is 502 g/mol. The molecule has 2 aromatic rings. The minimum atomic E-state index is -0.715. The first kappa shape index (κ1) is 24.3. The standard InChI is InChI=1S/C22H26N6O4S2/c1-22(2,3)32-20(31)17-14(12-34-21-24-25-26-27(21)4)11-33-19-16(18(30)28(17)19)23-15(29)10-13-8-6-5-7-9-13/h5-9,16,19H,10-12H2,1-4H3,(H,23,29)/t16-,19-/m1/s1. The van der Waals surface area contributed by atoms with Gasteiger partial charge in [0.2, 0.25) is 11.1 Å². The molecule has 0 unspecified atom stereocenters. The highest BCUT2D eigenvalue weighted by molar-refractivity contribution is 8.01. The van der Waals surface area contributed by atoms with Gasteiger partial charge in [-0.1, -0.05) is 42.1 Å². The molecule has 2 aliphatic rings. The summed E-state index contributed by atoms with van der Waals surface area (Å²) < 4.78 is 7.17. The van der Waals surface area contributed by atoms with Gasteiger partial charge < -0.3 is 10.1 Å². The predicted octanol–water partition coefficient (Wildman–Crippen LogP) is 1.54. The summed E-state index contributed by atoms with van der Waals surface area (Å²) in [6.45, 7) is 5.35. The molecule has 0 radical (unpaired) electrons. The predicted molar refractivity (Wildman–Crippen MR) is 128 cm³/mol. The SMILES string of the molecule is Cn1nnnc1SCC1=C(C(=O)OC(C)(C)C)N2C(=O)[C@@H](NC(=O)Cc3ccccc3)[C@H]2SC1. The Morgan fingerprint density at radius 3 is 2.65 bits per heavy atom. The van der Waals surface area contributed by atoms with E-state index in [2.05, 4.69) is 20.8 Å². The third-order valence-electron chi connectivity index (χ3n) is 5.12. The molecule has 1 saturated heterocycles. The number of benzene rings is 1. The number of esters is 1. The van der Waals surface area contributed by atoms with E-state index in [1.54, 1.807) is 32.5 Å². The topological polar surface area (TPSA) is 119 Å². The van der Waals surface area contributed by atoms with Crippen LogP contribution in [0, 0.1) is 0 Å². The van der Waals surface area contributed by atoms with Crippen molar-refractivity contribution in [2.45, 2.75) is 49.4 Å². The molecule has 0 bridgehead atoms. The molecule has 2 aliphatic heterocycles. The second-order valence-electron chi connectivity index (χ2n) is 8.95. The van der Waals surface area contributed by atoms with Gasteiger partial charge in [-0.15, -0.1) is 16.9 Å². The number of carbonyl (C=O) groups excluding carboxylic acids is 3. The lowest BCUT2D eigenvalue weighted by Crippen LogP contribution is -2.70. The molecule has 2 amide bonds. The number of nitrogens with zero attached hydrogens (tertiary/aromatic N) is 5. The number of fused-ring (bicyclic) bond motifs is 1. The molecule has 12 heteroatoms. The Hall–Kier alpha value is -2.86. The van der Waals surface area contributed by atoms with Crippen LogP contribution in [0.2, 0.25) is 0 Å². The lowest BCUT2D eigenvalue weighted by molar-refractivity contribution is -0.159. The summed E-state index contributed by atoms with van der Waals surface area (Å²) in [6, 6.07) is 8.66. The van der Waals surface area contributed by atoms with Crippen LogP contribution in [0.1, 0.15) is 26.3 Å². The lowest BCUT2D eigenvalue weighted by atomic mass is 10.0. The number of rotatable bonds is 7. The second kappa shape index (κ2) is 9.79. The number of tetrazole rings is 1. The number of thioether (sulfide) groups is 2. The number of hydrogen-bond donors (Lipinski definition) is 1. The van der Waals surface area contributed by atoms with Crippen molar-refractivity contribution in [3.8, 4) is 0 Å². The van der Waals surface area contributed by atoms with Gasteiger partial charge in [0.05, 0.1) is 6.42 Å². The van der Waals surface area contributed by atoms with Gasteiger partial charge in [0, 0.05) is 18.6 Å². The molecule has 0 spiro atoms. The second-order valence-corrected chi connectivity index (χ2v) is 11.0. The van der Waals surface area contributed by atoms with Crippen LogP contribution in [0.5, 0.6) is 0 Å². The van der Waals surface area contributed by atoms with Crippen LogP contribution in [0.3, 0.4) is 0 Å². The first-order chi connectivity index (χ1) is 16.1. The highest BCUT2D eigenvalue weighted by Gasteiger charge is 2.54. The van der Waals surface area contributed by atoms with Crippen molar-refractivity contribution in [2.75, 3.05) is 11.5 Å². The number of aromatic nitrogens is 4. The van der Waals surface area contributed by atoms with Crippen molar-refractivity contribution in [3.63, 3.8) is 0 Å². The van der Waals surface area contributed by atoms with Gasteiger partial charge >= 0.3 is 5.97 Å². The molecule has 34 heavy (non-hydrogen) atoms. The normalized spacial score (nSPS) is 20.0. The van der Waals surface area contributed by atoms with Crippen molar-refractivity contribution in [1.82, 2.24) is 30.4 Å². The average molecular weight is 503 g/mol. The number of amides is 2. The third kappa shape index (κ3) is 5.27.